The van der Waals surface area contributed by atoms with Crippen LogP contribution < -0.4 is 5.73 Å². The summed E-state index contributed by atoms with van der Waals surface area (Å²) in [5.74, 6) is -0.446. The average molecular weight is 208 g/mol. The fourth-order valence-corrected chi connectivity index (χ4v) is 1.92. The van der Waals surface area contributed by atoms with Crippen molar-refractivity contribution in [1.82, 2.24) is 14.7 Å². The summed E-state index contributed by atoms with van der Waals surface area (Å²) < 4.78 is 1.90. The molecule has 0 radical (unpaired) electrons. The van der Waals surface area contributed by atoms with E-state index in [1.807, 2.05) is 4.68 Å². The zero-order valence-electron chi connectivity index (χ0n) is 8.94. The molecule has 0 unspecified atom stereocenters. The van der Waals surface area contributed by atoms with Crippen LogP contribution in [0.25, 0.3) is 0 Å². The molecule has 0 bridgehead atoms. The zero-order valence-corrected chi connectivity index (χ0v) is 8.94. The minimum absolute atomic E-state index is 0.378. The van der Waals surface area contributed by atoms with Gasteiger partial charge in [0, 0.05) is 19.6 Å². The van der Waals surface area contributed by atoms with E-state index in [4.69, 9.17) is 5.73 Å². The fourth-order valence-electron chi connectivity index (χ4n) is 1.92. The Bertz CT molecular complexity index is 371. The van der Waals surface area contributed by atoms with Crippen LogP contribution in [0.4, 0.5) is 0 Å². The lowest BCUT2D eigenvalue weighted by Crippen LogP contribution is -2.22. The predicted octanol–water partition coefficient (Wildman–Crippen LogP) is 0.208. The molecular formula is C10H16N4O. The Balaban J connectivity index is 2.26. The van der Waals surface area contributed by atoms with Crippen LogP contribution in [0.1, 0.15) is 29.5 Å². The Labute approximate surface area is 88.8 Å². The quantitative estimate of drug-likeness (QED) is 0.755. The van der Waals surface area contributed by atoms with Gasteiger partial charge in [-0.3, -0.25) is 14.4 Å². The van der Waals surface area contributed by atoms with E-state index in [2.05, 4.69) is 16.9 Å². The fraction of sp³-hybridized carbons (Fsp3) is 0.600. The van der Waals surface area contributed by atoms with Crippen molar-refractivity contribution >= 4 is 5.91 Å². The van der Waals surface area contributed by atoms with Gasteiger partial charge in [0.1, 0.15) is 5.69 Å². The average Bonchev–Trinajstić information content (AvgIpc) is 2.51. The molecule has 0 spiro atoms. The maximum Gasteiger partial charge on any atom is 0.269 e. The first-order valence-corrected chi connectivity index (χ1v) is 5.29. The van der Waals surface area contributed by atoms with Gasteiger partial charge < -0.3 is 5.73 Å². The number of nitrogens with two attached hydrogens (primary N) is 1. The highest BCUT2D eigenvalue weighted by Gasteiger charge is 2.16. The lowest BCUT2D eigenvalue weighted by molar-refractivity contribution is 0.0994. The Hall–Kier alpha value is -1.36. The van der Waals surface area contributed by atoms with Gasteiger partial charge in [0.05, 0.1) is 5.69 Å². The van der Waals surface area contributed by atoms with Gasteiger partial charge in [-0.05, 0) is 19.0 Å². The number of amides is 1. The minimum atomic E-state index is -0.446. The summed E-state index contributed by atoms with van der Waals surface area (Å²) in [6, 6.07) is 1.80. The summed E-state index contributed by atoms with van der Waals surface area (Å²) in [6.45, 7) is 5.99. The Morgan fingerprint density at radius 1 is 1.60 bits per heavy atom. The highest BCUT2D eigenvalue weighted by molar-refractivity contribution is 5.90. The molecule has 1 amide bonds. The van der Waals surface area contributed by atoms with Crippen molar-refractivity contribution in [2.24, 2.45) is 5.73 Å². The number of carbonyl (C=O) groups is 1. The van der Waals surface area contributed by atoms with Gasteiger partial charge in [-0.25, -0.2) is 0 Å². The van der Waals surface area contributed by atoms with E-state index >= 15 is 0 Å². The monoisotopic (exact) mass is 208 g/mol. The Morgan fingerprint density at radius 3 is 3.07 bits per heavy atom. The first kappa shape index (κ1) is 10.2. The molecule has 1 aromatic rings. The molecule has 0 fully saturated rings. The maximum atomic E-state index is 11.0. The number of hydrogen-bond acceptors (Lipinski definition) is 3. The largest absolute Gasteiger partial charge is 0.364 e. The van der Waals surface area contributed by atoms with E-state index in [-0.39, 0.29) is 0 Å². The zero-order chi connectivity index (χ0) is 10.8. The van der Waals surface area contributed by atoms with E-state index in [1.165, 1.54) is 0 Å². The van der Waals surface area contributed by atoms with Crippen LogP contribution in [-0.4, -0.2) is 33.7 Å². The summed E-state index contributed by atoms with van der Waals surface area (Å²) in [7, 11) is 0. The number of rotatable bonds is 2. The minimum Gasteiger partial charge on any atom is -0.364 e. The SMILES string of the molecule is CCN1CCCn2nc(C(N)=O)cc2C1. The molecule has 82 valence electrons. The van der Waals surface area contributed by atoms with Gasteiger partial charge >= 0.3 is 0 Å². The molecule has 2 heterocycles. The molecule has 0 atom stereocenters. The lowest BCUT2D eigenvalue weighted by Gasteiger charge is -2.15. The van der Waals surface area contributed by atoms with Crippen LogP contribution in [0.3, 0.4) is 0 Å². The molecule has 2 N–H and O–H groups in total. The van der Waals surface area contributed by atoms with Crippen molar-refractivity contribution in [1.29, 1.82) is 0 Å². The van der Waals surface area contributed by atoms with E-state index in [0.717, 1.165) is 38.3 Å². The molecule has 1 aromatic heterocycles. The standard InChI is InChI=1S/C10H16N4O/c1-2-13-4-3-5-14-8(7-13)6-9(12-14)10(11)15/h6H,2-5,7H2,1H3,(H2,11,15). The number of hydrogen-bond donors (Lipinski definition) is 1. The van der Waals surface area contributed by atoms with E-state index < -0.39 is 5.91 Å². The van der Waals surface area contributed by atoms with Crippen LogP contribution >= 0.6 is 0 Å². The summed E-state index contributed by atoms with van der Waals surface area (Å²) in [4.78, 5) is 13.3. The van der Waals surface area contributed by atoms with Crippen molar-refractivity contribution in [3.05, 3.63) is 17.5 Å². The van der Waals surface area contributed by atoms with Crippen molar-refractivity contribution in [2.45, 2.75) is 26.4 Å². The van der Waals surface area contributed by atoms with Crippen LogP contribution in [0.2, 0.25) is 0 Å². The van der Waals surface area contributed by atoms with Gasteiger partial charge in [0.2, 0.25) is 0 Å². The van der Waals surface area contributed by atoms with E-state index in [9.17, 15) is 4.79 Å². The van der Waals surface area contributed by atoms with Gasteiger partial charge in [-0.1, -0.05) is 6.92 Å². The number of primary amides is 1. The predicted molar refractivity (Wildman–Crippen MR) is 56.3 cm³/mol. The Morgan fingerprint density at radius 2 is 2.40 bits per heavy atom. The van der Waals surface area contributed by atoms with Crippen molar-refractivity contribution < 1.29 is 4.79 Å². The molecule has 2 rings (SSSR count). The van der Waals surface area contributed by atoms with Gasteiger partial charge in [-0.2, -0.15) is 5.10 Å². The van der Waals surface area contributed by atoms with Crippen molar-refractivity contribution in [3.63, 3.8) is 0 Å². The first-order chi connectivity index (χ1) is 7.20. The summed E-state index contributed by atoms with van der Waals surface area (Å²) in [5.41, 5.74) is 6.67. The maximum absolute atomic E-state index is 11.0. The van der Waals surface area contributed by atoms with Crippen LogP contribution in [0.15, 0.2) is 6.07 Å². The van der Waals surface area contributed by atoms with Gasteiger partial charge in [0.15, 0.2) is 0 Å². The molecule has 1 aliphatic heterocycles. The molecular weight excluding hydrogens is 192 g/mol. The van der Waals surface area contributed by atoms with Gasteiger partial charge in [-0.15, -0.1) is 0 Å². The second-order valence-electron chi connectivity index (χ2n) is 3.83. The molecule has 0 aliphatic carbocycles. The van der Waals surface area contributed by atoms with Gasteiger partial charge in [0.25, 0.3) is 5.91 Å². The van der Waals surface area contributed by atoms with Crippen LogP contribution in [0.5, 0.6) is 0 Å². The second-order valence-corrected chi connectivity index (χ2v) is 3.83. The second kappa shape index (κ2) is 4.02. The molecule has 1 aliphatic rings. The van der Waals surface area contributed by atoms with Crippen molar-refractivity contribution in [2.75, 3.05) is 13.1 Å². The smallest absolute Gasteiger partial charge is 0.269 e. The van der Waals surface area contributed by atoms with E-state index in [1.54, 1.807) is 6.07 Å². The highest BCUT2D eigenvalue weighted by atomic mass is 16.1. The number of carbonyl (C=O) groups excluding carboxylic acids is 1. The van der Waals surface area contributed by atoms with Crippen LogP contribution in [-0.2, 0) is 13.1 Å². The number of aromatic nitrogens is 2. The molecule has 0 saturated heterocycles. The molecule has 5 heteroatoms. The topological polar surface area (TPSA) is 64.2 Å². The Kier molecular flexibility index (Phi) is 2.73. The number of aryl methyl sites for hydroxylation is 1. The number of fused-ring (bicyclic) bond motifs is 1. The third kappa shape index (κ3) is 2.02. The molecule has 15 heavy (non-hydrogen) atoms. The normalized spacial score (nSPS) is 17.1. The number of nitrogens with zero attached hydrogens (tertiary/aromatic N) is 3. The summed E-state index contributed by atoms with van der Waals surface area (Å²) >= 11 is 0. The first-order valence-electron chi connectivity index (χ1n) is 5.29. The molecule has 5 nitrogen and oxygen atoms in total. The lowest BCUT2D eigenvalue weighted by atomic mass is 10.3. The molecule has 0 aromatic carbocycles. The summed E-state index contributed by atoms with van der Waals surface area (Å²) in [5, 5.41) is 4.19. The third-order valence-corrected chi connectivity index (χ3v) is 2.79. The van der Waals surface area contributed by atoms with Crippen LogP contribution in [0, 0.1) is 0 Å². The summed E-state index contributed by atoms with van der Waals surface area (Å²) in [6.07, 6.45) is 1.07. The highest BCUT2D eigenvalue weighted by Crippen LogP contribution is 2.13. The van der Waals surface area contributed by atoms with Crippen molar-refractivity contribution in [3.8, 4) is 0 Å². The van der Waals surface area contributed by atoms with E-state index in [0.29, 0.717) is 5.69 Å². The molecule has 0 saturated carbocycles. The third-order valence-electron chi connectivity index (χ3n) is 2.79.